The Morgan fingerprint density at radius 2 is 1.94 bits per heavy atom. The summed E-state index contributed by atoms with van der Waals surface area (Å²) < 4.78 is 4.89. The summed E-state index contributed by atoms with van der Waals surface area (Å²) in [6.07, 6.45) is 0.911. The molecule has 1 amide bonds. The van der Waals surface area contributed by atoms with Gasteiger partial charge in [-0.15, -0.1) is 5.10 Å². The van der Waals surface area contributed by atoms with E-state index in [0.29, 0.717) is 5.69 Å². The van der Waals surface area contributed by atoms with Gasteiger partial charge >= 0.3 is 6.09 Å². The van der Waals surface area contributed by atoms with Crippen molar-refractivity contribution in [2.24, 2.45) is 0 Å². The summed E-state index contributed by atoms with van der Waals surface area (Å²) in [5, 5.41) is 9.78. The summed E-state index contributed by atoms with van der Waals surface area (Å²) in [6, 6.07) is 12.2. The number of rotatable bonds is 2. The largest absolute Gasteiger partial charge is 0.418 e. The van der Waals surface area contributed by atoms with E-state index in [1.54, 1.807) is 24.3 Å². The summed E-state index contributed by atoms with van der Waals surface area (Å²) in [4.78, 5) is 11.4. The highest BCUT2D eigenvalue weighted by molar-refractivity contribution is 5.85. The molecule has 80 valence electrons. The maximum Gasteiger partial charge on any atom is 0.418 e. The number of benzene rings is 1. The first-order valence-corrected chi connectivity index (χ1v) is 4.66. The number of hydrogen-bond donors (Lipinski definition) is 1. The molecule has 1 N–H and O–H groups in total. The third-order valence-electron chi connectivity index (χ3n) is 1.77. The van der Waals surface area contributed by atoms with E-state index in [2.05, 4.69) is 15.5 Å². The Hall–Kier alpha value is -2.43. The molecule has 1 heterocycles. The van der Waals surface area contributed by atoms with E-state index >= 15 is 0 Å². The quantitative estimate of drug-likeness (QED) is 0.833. The predicted molar refractivity (Wildman–Crippen MR) is 58.1 cm³/mol. The van der Waals surface area contributed by atoms with E-state index in [-0.39, 0.29) is 5.88 Å². The molecule has 0 atom stereocenters. The maximum atomic E-state index is 11.4. The van der Waals surface area contributed by atoms with Crippen molar-refractivity contribution >= 4 is 11.8 Å². The van der Waals surface area contributed by atoms with E-state index in [9.17, 15) is 4.79 Å². The molecule has 0 fully saturated rings. The third-order valence-corrected chi connectivity index (χ3v) is 1.77. The van der Waals surface area contributed by atoms with Crippen molar-refractivity contribution in [3.05, 3.63) is 48.7 Å². The van der Waals surface area contributed by atoms with E-state index in [0.717, 1.165) is 0 Å². The van der Waals surface area contributed by atoms with Gasteiger partial charge in [-0.1, -0.05) is 18.2 Å². The number of anilines is 1. The summed E-state index contributed by atoms with van der Waals surface area (Å²) in [5.41, 5.74) is 0.663. The Bertz CT molecular complexity index is 416. The third kappa shape index (κ3) is 2.78. The second-order valence-corrected chi connectivity index (χ2v) is 2.94. The summed E-state index contributed by atoms with van der Waals surface area (Å²) in [7, 11) is 0. The summed E-state index contributed by atoms with van der Waals surface area (Å²) in [6.45, 7) is 0. The lowest BCUT2D eigenvalue weighted by molar-refractivity contribution is 0.213. The fraction of sp³-hybridized carbons (Fsp3) is 0. The van der Waals surface area contributed by atoms with Crippen LogP contribution < -0.4 is 10.1 Å². The second-order valence-electron chi connectivity index (χ2n) is 2.94. The van der Waals surface area contributed by atoms with Crippen molar-refractivity contribution in [2.75, 3.05) is 5.32 Å². The molecule has 0 radical (unpaired) electrons. The average molecular weight is 215 g/mol. The molecule has 0 aliphatic heterocycles. The number of nitrogens with zero attached hydrogens (tertiary/aromatic N) is 2. The van der Waals surface area contributed by atoms with Crippen LogP contribution in [0.2, 0.25) is 0 Å². The Morgan fingerprint density at radius 3 is 2.62 bits per heavy atom. The molecule has 0 saturated heterocycles. The molecule has 1 aromatic carbocycles. The SMILES string of the molecule is O=C(Nc1ccccc1)Oc1cccnn1. The van der Waals surface area contributed by atoms with E-state index in [4.69, 9.17) is 4.74 Å². The van der Waals surface area contributed by atoms with Gasteiger partial charge in [-0.05, 0) is 18.2 Å². The molecule has 0 bridgehead atoms. The highest BCUT2D eigenvalue weighted by Crippen LogP contribution is 2.07. The van der Waals surface area contributed by atoms with Crippen LogP contribution in [0.25, 0.3) is 0 Å². The van der Waals surface area contributed by atoms with Crippen molar-refractivity contribution in [3.63, 3.8) is 0 Å². The van der Waals surface area contributed by atoms with Gasteiger partial charge in [0.25, 0.3) is 0 Å². The van der Waals surface area contributed by atoms with Crippen molar-refractivity contribution in [2.45, 2.75) is 0 Å². The minimum Gasteiger partial charge on any atom is -0.389 e. The number of nitrogens with one attached hydrogen (secondary N) is 1. The highest BCUT2D eigenvalue weighted by Gasteiger charge is 2.04. The highest BCUT2D eigenvalue weighted by atomic mass is 16.6. The number of hydrogen-bond acceptors (Lipinski definition) is 4. The molecule has 1 aromatic heterocycles. The van der Waals surface area contributed by atoms with Crippen LogP contribution in [0.15, 0.2) is 48.7 Å². The first kappa shape index (κ1) is 10.1. The average Bonchev–Trinajstić information content (AvgIpc) is 2.31. The number of carbonyl (C=O) groups is 1. The smallest absolute Gasteiger partial charge is 0.389 e. The van der Waals surface area contributed by atoms with Crippen LogP contribution in [0.5, 0.6) is 5.88 Å². The van der Waals surface area contributed by atoms with Crippen LogP contribution in [0.4, 0.5) is 10.5 Å². The molecular weight excluding hydrogens is 206 g/mol. The molecular formula is C11H9N3O2. The van der Waals surface area contributed by atoms with Gasteiger partial charge < -0.3 is 4.74 Å². The summed E-state index contributed by atoms with van der Waals surface area (Å²) in [5.74, 6) is 0.163. The van der Waals surface area contributed by atoms with Crippen LogP contribution in [0.3, 0.4) is 0 Å². The van der Waals surface area contributed by atoms with Crippen molar-refractivity contribution in [1.82, 2.24) is 10.2 Å². The van der Waals surface area contributed by atoms with Crippen LogP contribution in [0.1, 0.15) is 0 Å². The van der Waals surface area contributed by atoms with Gasteiger partial charge in [0.2, 0.25) is 5.88 Å². The van der Waals surface area contributed by atoms with Crippen LogP contribution in [-0.2, 0) is 0 Å². The molecule has 16 heavy (non-hydrogen) atoms. The van der Waals surface area contributed by atoms with Crippen molar-refractivity contribution in [1.29, 1.82) is 0 Å². The van der Waals surface area contributed by atoms with Gasteiger partial charge in [0.05, 0.1) is 0 Å². The Kier molecular flexibility index (Phi) is 3.08. The normalized spacial score (nSPS) is 9.50. The zero-order valence-electron chi connectivity index (χ0n) is 8.33. The fourth-order valence-electron chi connectivity index (χ4n) is 1.10. The van der Waals surface area contributed by atoms with E-state index in [1.165, 1.54) is 6.20 Å². The number of ether oxygens (including phenoxy) is 1. The van der Waals surface area contributed by atoms with Crippen LogP contribution in [-0.4, -0.2) is 16.3 Å². The molecule has 0 unspecified atom stereocenters. The van der Waals surface area contributed by atoms with E-state index < -0.39 is 6.09 Å². The zero-order valence-corrected chi connectivity index (χ0v) is 8.33. The van der Waals surface area contributed by atoms with Crippen molar-refractivity contribution < 1.29 is 9.53 Å². The van der Waals surface area contributed by atoms with Gasteiger partial charge in [0.15, 0.2) is 0 Å². The van der Waals surface area contributed by atoms with Crippen LogP contribution >= 0.6 is 0 Å². The van der Waals surface area contributed by atoms with Gasteiger partial charge in [0.1, 0.15) is 0 Å². The molecule has 0 spiro atoms. The fourth-order valence-corrected chi connectivity index (χ4v) is 1.10. The second kappa shape index (κ2) is 4.88. The molecule has 5 nitrogen and oxygen atoms in total. The van der Waals surface area contributed by atoms with Gasteiger partial charge in [-0.2, -0.15) is 5.10 Å². The molecule has 0 aliphatic rings. The Balaban J connectivity index is 1.95. The standard InChI is InChI=1S/C11H9N3O2/c15-11(13-9-5-2-1-3-6-9)16-10-7-4-8-12-14-10/h1-8H,(H,13,15). The lowest BCUT2D eigenvalue weighted by Crippen LogP contribution is -2.17. The topological polar surface area (TPSA) is 64.1 Å². The number of para-hydroxylation sites is 1. The monoisotopic (exact) mass is 215 g/mol. The minimum absolute atomic E-state index is 0.163. The Labute approximate surface area is 92.1 Å². The van der Waals surface area contributed by atoms with Gasteiger partial charge in [0, 0.05) is 18.0 Å². The lowest BCUT2D eigenvalue weighted by Gasteiger charge is -2.04. The van der Waals surface area contributed by atoms with E-state index in [1.807, 2.05) is 18.2 Å². The Morgan fingerprint density at radius 1 is 1.12 bits per heavy atom. The summed E-state index contributed by atoms with van der Waals surface area (Å²) >= 11 is 0. The first-order valence-electron chi connectivity index (χ1n) is 4.66. The minimum atomic E-state index is -0.591. The molecule has 0 aliphatic carbocycles. The molecule has 0 saturated carbocycles. The van der Waals surface area contributed by atoms with Gasteiger partial charge in [-0.3, -0.25) is 5.32 Å². The van der Waals surface area contributed by atoms with Crippen LogP contribution in [0, 0.1) is 0 Å². The number of aromatic nitrogens is 2. The molecule has 5 heteroatoms. The number of carbonyl (C=O) groups excluding carboxylic acids is 1. The predicted octanol–water partition coefficient (Wildman–Crippen LogP) is 2.09. The number of amides is 1. The lowest BCUT2D eigenvalue weighted by atomic mass is 10.3. The maximum absolute atomic E-state index is 11.4. The molecule has 2 rings (SSSR count). The first-order chi connectivity index (χ1) is 7.84. The van der Waals surface area contributed by atoms with Gasteiger partial charge in [-0.25, -0.2) is 4.79 Å². The zero-order chi connectivity index (χ0) is 11.2. The molecule has 2 aromatic rings. The van der Waals surface area contributed by atoms with Crippen molar-refractivity contribution in [3.8, 4) is 5.88 Å².